The van der Waals surface area contributed by atoms with E-state index in [0.29, 0.717) is 42.1 Å². The van der Waals surface area contributed by atoms with Gasteiger partial charge in [-0.05, 0) is 48.6 Å². The van der Waals surface area contributed by atoms with Crippen LogP contribution in [-0.4, -0.2) is 37.6 Å². The van der Waals surface area contributed by atoms with Crippen molar-refractivity contribution < 1.29 is 18.6 Å². The number of phenolic OH excluding ortho intramolecular Hbond substituents is 1. The molecule has 0 atom stereocenters. The standard InChI is InChI=1S/C22H20F2N4O2/c23-22(24)7-4-14(5-8-22)16-6-11-30-20-13-18(26-27-21(16)20)17-3-2-15(12-19(17)29)28-10-1-9-25-28/h1-3,6,9-10,12-14,29H,4-5,7-8,11H2. The van der Waals surface area contributed by atoms with Gasteiger partial charge >= 0.3 is 0 Å². The summed E-state index contributed by atoms with van der Waals surface area (Å²) in [4.78, 5) is 0. The molecule has 2 aromatic heterocycles. The molecule has 2 aliphatic rings. The van der Waals surface area contributed by atoms with Gasteiger partial charge in [-0.1, -0.05) is 0 Å². The second-order valence-corrected chi connectivity index (χ2v) is 7.70. The number of allylic oxidation sites excluding steroid dienone is 1. The number of hydrogen-bond acceptors (Lipinski definition) is 5. The Bertz CT molecular complexity index is 1100. The second kappa shape index (κ2) is 7.19. The number of rotatable bonds is 3. The average Bonchev–Trinajstić information content (AvgIpc) is 3.28. The van der Waals surface area contributed by atoms with Crippen LogP contribution in [0.3, 0.4) is 0 Å². The SMILES string of the molecule is Oc1cc(-n2cccn2)ccc1-c1cc2c(nn1)C(C1CCC(F)(F)CC1)=CCO2. The highest BCUT2D eigenvalue weighted by atomic mass is 19.3. The van der Waals surface area contributed by atoms with Crippen LogP contribution in [0.1, 0.15) is 31.4 Å². The first-order valence-corrected chi connectivity index (χ1v) is 9.92. The summed E-state index contributed by atoms with van der Waals surface area (Å²) in [6.07, 6.45) is 6.02. The molecule has 0 spiro atoms. The molecule has 5 rings (SSSR count). The Morgan fingerprint density at radius 1 is 1.13 bits per heavy atom. The van der Waals surface area contributed by atoms with Gasteiger partial charge in [-0.2, -0.15) is 5.10 Å². The molecule has 154 valence electrons. The van der Waals surface area contributed by atoms with Crippen LogP contribution in [0.2, 0.25) is 0 Å². The molecule has 8 heteroatoms. The number of ether oxygens (including phenoxy) is 1. The molecule has 1 fully saturated rings. The van der Waals surface area contributed by atoms with Gasteiger partial charge in [0.2, 0.25) is 5.92 Å². The van der Waals surface area contributed by atoms with Crippen molar-refractivity contribution in [2.45, 2.75) is 31.6 Å². The largest absolute Gasteiger partial charge is 0.507 e. The van der Waals surface area contributed by atoms with E-state index in [4.69, 9.17) is 4.74 Å². The lowest BCUT2D eigenvalue weighted by Gasteiger charge is -2.31. The van der Waals surface area contributed by atoms with E-state index in [1.807, 2.05) is 12.1 Å². The summed E-state index contributed by atoms with van der Waals surface area (Å²) in [7, 11) is 0. The number of halogens is 2. The van der Waals surface area contributed by atoms with Crippen molar-refractivity contribution in [2.24, 2.45) is 5.92 Å². The fourth-order valence-corrected chi connectivity index (χ4v) is 4.15. The number of aromatic hydroxyl groups is 1. The first kappa shape index (κ1) is 18.7. The summed E-state index contributed by atoms with van der Waals surface area (Å²) in [5.74, 6) is -1.92. The van der Waals surface area contributed by atoms with Crippen LogP contribution in [0, 0.1) is 5.92 Å². The minimum absolute atomic E-state index is 0.0363. The molecule has 0 saturated heterocycles. The number of alkyl halides is 2. The molecule has 0 radical (unpaired) electrons. The third-order valence-corrected chi connectivity index (χ3v) is 5.76. The van der Waals surface area contributed by atoms with Crippen molar-refractivity contribution in [1.29, 1.82) is 0 Å². The number of hydrogen-bond donors (Lipinski definition) is 1. The minimum atomic E-state index is -2.57. The number of benzene rings is 1. The normalized spacial score (nSPS) is 18.4. The average molecular weight is 410 g/mol. The lowest BCUT2D eigenvalue weighted by molar-refractivity contribution is -0.0402. The lowest BCUT2D eigenvalue weighted by atomic mass is 9.80. The van der Waals surface area contributed by atoms with E-state index in [9.17, 15) is 13.9 Å². The van der Waals surface area contributed by atoms with E-state index in [-0.39, 0.29) is 24.5 Å². The molecule has 1 aromatic carbocycles. The molecule has 30 heavy (non-hydrogen) atoms. The van der Waals surface area contributed by atoms with Gasteiger partial charge in [0.25, 0.3) is 0 Å². The zero-order chi connectivity index (χ0) is 20.7. The molecule has 0 amide bonds. The third-order valence-electron chi connectivity index (χ3n) is 5.76. The van der Waals surface area contributed by atoms with Gasteiger partial charge in [-0.3, -0.25) is 0 Å². The number of fused-ring (bicyclic) bond motifs is 1. The molecule has 0 unspecified atom stereocenters. The first-order chi connectivity index (χ1) is 14.5. The smallest absolute Gasteiger partial charge is 0.248 e. The summed E-state index contributed by atoms with van der Waals surface area (Å²) in [6, 6.07) is 8.74. The second-order valence-electron chi connectivity index (χ2n) is 7.70. The Hall–Kier alpha value is -3.29. The molecule has 3 aromatic rings. The summed E-state index contributed by atoms with van der Waals surface area (Å²) in [5, 5.41) is 23.3. The van der Waals surface area contributed by atoms with Gasteiger partial charge in [-0.15, -0.1) is 10.2 Å². The number of aromatic nitrogens is 4. The van der Waals surface area contributed by atoms with Gasteiger partial charge in [0.05, 0.1) is 5.69 Å². The fraction of sp³-hybridized carbons (Fsp3) is 0.318. The summed E-state index contributed by atoms with van der Waals surface area (Å²) < 4.78 is 34.5. The summed E-state index contributed by atoms with van der Waals surface area (Å²) in [6.45, 7) is 0.366. The van der Waals surface area contributed by atoms with E-state index >= 15 is 0 Å². The topological polar surface area (TPSA) is 73.1 Å². The lowest BCUT2D eigenvalue weighted by Crippen LogP contribution is -2.26. The van der Waals surface area contributed by atoms with Crippen LogP contribution in [0.25, 0.3) is 22.5 Å². The number of nitrogens with zero attached hydrogens (tertiary/aromatic N) is 4. The van der Waals surface area contributed by atoms with Gasteiger partial charge < -0.3 is 9.84 Å². The first-order valence-electron chi connectivity index (χ1n) is 9.92. The Labute approximate surface area is 171 Å². The summed E-state index contributed by atoms with van der Waals surface area (Å²) >= 11 is 0. The Morgan fingerprint density at radius 2 is 1.97 bits per heavy atom. The highest BCUT2D eigenvalue weighted by molar-refractivity contribution is 5.75. The maximum atomic E-state index is 13.5. The van der Waals surface area contributed by atoms with Crippen LogP contribution in [0.4, 0.5) is 8.78 Å². The predicted molar refractivity (Wildman–Crippen MR) is 107 cm³/mol. The van der Waals surface area contributed by atoms with Crippen LogP contribution >= 0.6 is 0 Å². The fourth-order valence-electron chi connectivity index (χ4n) is 4.15. The van der Waals surface area contributed by atoms with Crippen molar-refractivity contribution in [3.63, 3.8) is 0 Å². The van der Waals surface area contributed by atoms with Crippen LogP contribution in [0.15, 0.2) is 48.8 Å². The maximum absolute atomic E-state index is 13.5. The molecular formula is C22H20F2N4O2. The zero-order valence-corrected chi connectivity index (χ0v) is 16.1. The molecular weight excluding hydrogens is 390 g/mol. The molecule has 6 nitrogen and oxygen atoms in total. The van der Waals surface area contributed by atoms with Crippen molar-refractivity contribution >= 4 is 5.57 Å². The van der Waals surface area contributed by atoms with Gasteiger partial charge in [-0.25, -0.2) is 13.5 Å². The quantitative estimate of drug-likeness (QED) is 0.681. The third kappa shape index (κ3) is 3.42. The number of phenols is 1. The van der Waals surface area contributed by atoms with Crippen molar-refractivity contribution in [1.82, 2.24) is 20.0 Å². The van der Waals surface area contributed by atoms with Crippen molar-refractivity contribution in [3.05, 3.63) is 54.5 Å². The van der Waals surface area contributed by atoms with Crippen molar-refractivity contribution in [3.8, 4) is 28.4 Å². The van der Waals surface area contributed by atoms with E-state index in [1.54, 1.807) is 41.3 Å². The monoisotopic (exact) mass is 410 g/mol. The minimum Gasteiger partial charge on any atom is -0.507 e. The van der Waals surface area contributed by atoms with E-state index < -0.39 is 5.92 Å². The molecule has 3 heterocycles. The van der Waals surface area contributed by atoms with Crippen LogP contribution < -0.4 is 4.74 Å². The van der Waals surface area contributed by atoms with Gasteiger partial charge in [0.1, 0.15) is 29.5 Å². The molecule has 1 aliphatic carbocycles. The zero-order valence-electron chi connectivity index (χ0n) is 16.1. The molecule has 1 aliphatic heterocycles. The Kier molecular flexibility index (Phi) is 4.49. The summed E-state index contributed by atoms with van der Waals surface area (Å²) in [5.41, 5.74) is 3.27. The Morgan fingerprint density at radius 3 is 2.70 bits per heavy atom. The Balaban J connectivity index is 1.43. The van der Waals surface area contributed by atoms with Gasteiger partial charge in [0, 0.05) is 42.9 Å². The maximum Gasteiger partial charge on any atom is 0.248 e. The van der Waals surface area contributed by atoms with E-state index in [2.05, 4.69) is 15.3 Å². The highest BCUT2D eigenvalue weighted by Gasteiger charge is 2.37. The predicted octanol–water partition coefficient (Wildman–Crippen LogP) is 4.64. The van der Waals surface area contributed by atoms with Crippen LogP contribution in [0.5, 0.6) is 11.5 Å². The van der Waals surface area contributed by atoms with Gasteiger partial charge in [0.15, 0.2) is 0 Å². The molecule has 1 saturated carbocycles. The van der Waals surface area contributed by atoms with Crippen LogP contribution in [-0.2, 0) is 0 Å². The molecule has 0 bridgehead atoms. The van der Waals surface area contributed by atoms with E-state index in [1.165, 1.54) is 0 Å². The highest BCUT2D eigenvalue weighted by Crippen LogP contribution is 2.44. The molecule has 1 N–H and O–H groups in total. The van der Waals surface area contributed by atoms with E-state index in [0.717, 1.165) is 11.3 Å². The van der Waals surface area contributed by atoms with Crippen molar-refractivity contribution in [2.75, 3.05) is 6.61 Å².